The maximum absolute atomic E-state index is 12.2. The van der Waals surface area contributed by atoms with Crippen LogP contribution in [0.25, 0.3) is 0 Å². The Kier molecular flexibility index (Phi) is 5.80. The SMILES string of the molecule is COc1cc(OC)cc(C(=O)N/N=C\c2ccc(C(C)(C)C)cc2)c1. The lowest BCUT2D eigenvalue weighted by Gasteiger charge is -2.18. The Morgan fingerprint density at radius 3 is 2.04 bits per heavy atom. The molecule has 0 radical (unpaired) electrons. The molecule has 0 saturated heterocycles. The number of amides is 1. The molecule has 1 amide bonds. The predicted octanol–water partition coefficient (Wildman–Crippen LogP) is 3.77. The lowest BCUT2D eigenvalue weighted by Crippen LogP contribution is -2.17. The molecular weight excluding hydrogens is 316 g/mol. The third kappa shape index (κ3) is 5.08. The second-order valence-corrected chi connectivity index (χ2v) is 6.67. The minimum absolute atomic E-state index is 0.106. The molecule has 2 aromatic rings. The number of hydrazone groups is 1. The maximum Gasteiger partial charge on any atom is 0.271 e. The van der Waals surface area contributed by atoms with Gasteiger partial charge in [-0.3, -0.25) is 4.79 Å². The highest BCUT2D eigenvalue weighted by atomic mass is 16.5. The zero-order valence-electron chi connectivity index (χ0n) is 15.3. The molecule has 0 atom stereocenters. The van der Waals surface area contributed by atoms with Crippen LogP contribution < -0.4 is 14.9 Å². The molecule has 0 aliphatic carbocycles. The lowest BCUT2D eigenvalue weighted by molar-refractivity contribution is 0.0954. The largest absolute Gasteiger partial charge is 0.497 e. The molecule has 5 heteroatoms. The van der Waals surface area contributed by atoms with Gasteiger partial charge in [-0.05, 0) is 28.7 Å². The zero-order valence-corrected chi connectivity index (χ0v) is 15.3. The predicted molar refractivity (Wildman–Crippen MR) is 99.7 cm³/mol. The van der Waals surface area contributed by atoms with Crippen LogP contribution in [0.2, 0.25) is 0 Å². The van der Waals surface area contributed by atoms with E-state index in [2.05, 4.69) is 43.4 Å². The van der Waals surface area contributed by atoms with Gasteiger partial charge in [-0.2, -0.15) is 5.10 Å². The van der Waals surface area contributed by atoms with E-state index in [0.717, 1.165) is 5.56 Å². The number of nitrogens with one attached hydrogen (secondary N) is 1. The summed E-state index contributed by atoms with van der Waals surface area (Å²) in [5.74, 6) is 0.761. The van der Waals surface area contributed by atoms with Gasteiger partial charge in [0, 0.05) is 11.6 Å². The summed E-state index contributed by atoms with van der Waals surface area (Å²) in [7, 11) is 3.08. The number of hydrogen-bond acceptors (Lipinski definition) is 4. The Hall–Kier alpha value is -2.82. The Balaban J connectivity index is 2.05. The molecular formula is C20H24N2O3. The zero-order chi connectivity index (χ0) is 18.4. The van der Waals surface area contributed by atoms with Crippen LogP contribution in [0.5, 0.6) is 11.5 Å². The van der Waals surface area contributed by atoms with Crippen molar-refractivity contribution in [1.82, 2.24) is 5.43 Å². The number of benzene rings is 2. The minimum Gasteiger partial charge on any atom is -0.497 e. The van der Waals surface area contributed by atoms with Gasteiger partial charge < -0.3 is 9.47 Å². The molecule has 0 aliphatic heterocycles. The molecule has 0 fully saturated rings. The summed E-state index contributed by atoms with van der Waals surface area (Å²) in [5.41, 5.74) is 5.19. The van der Waals surface area contributed by atoms with Gasteiger partial charge in [-0.25, -0.2) is 5.43 Å². The topological polar surface area (TPSA) is 59.9 Å². The van der Waals surface area contributed by atoms with Crippen molar-refractivity contribution in [3.8, 4) is 11.5 Å². The smallest absolute Gasteiger partial charge is 0.271 e. The quantitative estimate of drug-likeness (QED) is 0.666. The van der Waals surface area contributed by atoms with Crippen molar-refractivity contribution < 1.29 is 14.3 Å². The van der Waals surface area contributed by atoms with E-state index in [-0.39, 0.29) is 11.3 Å². The summed E-state index contributed by atoms with van der Waals surface area (Å²) < 4.78 is 10.3. The van der Waals surface area contributed by atoms with Crippen molar-refractivity contribution in [3.05, 3.63) is 59.2 Å². The molecule has 1 N–H and O–H groups in total. The summed E-state index contributed by atoms with van der Waals surface area (Å²) in [6.07, 6.45) is 1.61. The third-order valence-corrected chi connectivity index (χ3v) is 3.77. The van der Waals surface area contributed by atoms with Crippen molar-refractivity contribution in [2.75, 3.05) is 14.2 Å². The molecule has 0 saturated carbocycles. The first-order valence-corrected chi connectivity index (χ1v) is 8.00. The number of hydrogen-bond donors (Lipinski definition) is 1. The molecule has 0 aliphatic rings. The second-order valence-electron chi connectivity index (χ2n) is 6.67. The number of ether oxygens (including phenoxy) is 2. The van der Waals surface area contributed by atoms with Crippen molar-refractivity contribution in [1.29, 1.82) is 0 Å². The summed E-state index contributed by atoms with van der Waals surface area (Å²) in [6.45, 7) is 6.50. The van der Waals surface area contributed by atoms with E-state index in [0.29, 0.717) is 17.1 Å². The van der Waals surface area contributed by atoms with E-state index < -0.39 is 0 Å². The molecule has 2 aromatic carbocycles. The van der Waals surface area contributed by atoms with Gasteiger partial charge in [0.25, 0.3) is 5.91 Å². The van der Waals surface area contributed by atoms with Gasteiger partial charge in [0.1, 0.15) is 11.5 Å². The van der Waals surface area contributed by atoms with Crippen molar-refractivity contribution in [2.24, 2.45) is 5.10 Å². The highest BCUT2D eigenvalue weighted by molar-refractivity contribution is 5.95. The first kappa shape index (κ1) is 18.5. The van der Waals surface area contributed by atoms with Crippen LogP contribution in [0, 0.1) is 0 Å². The molecule has 0 spiro atoms. The van der Waals surface area contributed by atoms with Crippen LogP contribution >= 0.6 is 0 Å². The fourth-order valence-electron chi connectivity index (χ4n) is 2.24. The Morgan fingerprint density at radius 2 is 1.56 bits per heavy atom. The number of rotatable bonds is 5. The van der Waals surface area contributed by atoms with E-state index in [1.165, 1.54) is 19.8 Å². The maximum atomic E-state index is 12.2. The Labute approximate surface area is 148 Å². The molecule has 0 heterocycles. The number of carbonyl (C=O) groups excluding carboxylic acids is 1. The molecule has 0 unspecified atom stereocenters. The standard InChI is InChI=1S/C20H24N2O3/c1-20(2,3)16-8-6-14(7-9-16)13-21-22-19(23)15-10-17(24-4)12-18(11-15)25-5/h6-13H,1-5H3,(H,22,23)/b21-13-. The first-order chi connectivity index (χ1) is 11.8. The number of carbonyl (C=O) groups is 1. The minimum atomic E-state index is -0.334. The van der Waals surface area contributed by atoms with E-state index >= 15 is 0 Å². The highest BCUT2D eigenvalue weighted by Crippen LogP contribution is 2.23. The average molecular weight is 340 g/mol. The Morgan fingerprint density at radius 1 is 1.00 bits per heavy atom. The average Bonchev–Trinajstić information content (AvgIpc) is 2.60. The van der Waals surface area contributed by atoms with Gasteiger partial charge >= 0.3 is 0 Å². The van der Waals surface area contributed by atoms with Crippen LogP contribution in [0.4, 0.5) is 0 Å². The van der Waals surface area contributed by atoms with E-state index in [1.54, 1.807) is 24.4 Å². The molecule has 5 nitrogen and oxygen atoms in total. The highest BCUT2D eigenvalue weighted by Gasteiger charge is 2.12. The Bertz CT molecular complexity index is 737. The van der Waals surface area contributed by atoms with Crippen LogP contribution in [-0.4, -0.2) is 26.3 Å². The van der Waals surface area contributed by atoms with Crippen molar-refractivity contribution >= 4 is 12.1 Å². The van der Waals surface area contributed by atoms with Crippen LogP contribution in [0.15, 0.2) is 47.6 Å². The second kappa shape index (κ2) is 7.83. The van der Waals surface area contributed by atoms with Gasteiger partial charge in [-0.15, -0.1) is 0 Å². The number of nitrogens with zero attached hydrogens (tertiary/aromatic N) is 1. The molecule has 0 aromatic heterocycles. The normalized spacial score (nSPS) is 11.4. The molecule has 2 rings (SSSR count). The van der Waals surface area contributed by atoms with Crippen LogP contribution in [0.3, 0.4) is 0 Å². The van der Waals surface area contributed by atoms with E-state index in [4.69, 9.17) is 9.47 Å². The van der Waals surface area contributed by atoms with Gasteiger partial charge in [0.15, 0.2) is 0 Å². The lowest BCUT2D eigenvalue weighted by atomic mass is 9.87. The molecule has 0 bridgehead atoms. The van der Waals surface area contributed by atoms with Crippen LogP contribution in [0.1, 0.15) is 42.3 Å². The van der Waals surface area contributed by atoms with E-state index in [9.17, 15) is 4.79 Å². The fourth-order valence-corrected chi connectivity index (χ4v) is 2.24. The third-order valence-electron chi connectivity index (χ3n) is 3.77. The van der Waals surface area contributed by atoms with Gasteiger partial charge in [-0.1, -0.05) is 45.0 Å². The summed E-state index contributed by atoms with van der Waals surface area (Å²) in [6, 6.07) is 13.1. The number of methoxy groups -OCH3 is 2. The van der Waals surface area contributed by atoms with Gasteiger partial charge in [0.2, 0.25) is 0 Å². The van der Waals surface area contributed by atoms with Gasteiger partial charge in [0.05, 0.1) is 20.4 Å². The molecule has 132 valence electrons. The summed E-state index contributed by atoms with van der Waals surface area (Å²) in [4.78, 5) is 12.2. The van der Waals surface area contributed by atoms with E-state index in [1.807, 2.05) is 12.1 Å². The first-order valence-electron chi connectivity index (χ1n) is 8.00. The van der Waals surface area contributed by atoms with Crippen molar-refractivity contribution in [2.45, 2.75) is 26.2 Å². The summed E-state index contributed by atoms with van der Waals surface area (Å²) >= 11 is 0. The monoisotopic (exact) mass is 340 g/mol. The molecule has 25 heavy (non-hydrogen) atoms. The van der Waals surface area contributed by atoms with Crippen LogP contribution in [-0.2, 0) is 5.41 Å². The van der Waals surface area contributed by atoms with Crippen molar-refractivity contribution in [3.63, 3.8) is 0 Å². The fraction of sp³-hybridized carbons (Fsp3) is 0.300. The summed E-state index contributed by atoms with van der Waals surface area (Å²) in [5, 5.41) is 4.01.